The summed E-state index contributed by atoms with van der Waals surface area (Å²) in [6, 6.07) is 10.4. The second-order valence-electron chi connectivity index (χ2n) is 5.37. The number of ether oxygens (including phenoxy) is 1. The molecular weight excluding hydrogens is 344 g/mol. The fourth-order valence-electron chi connectivity index (χ4n) is 2.20. The summed E-state index contributed by atoms with van der Waals surface area (Å²) in [6.07, 6.45) is 2.09. The van der Waals surface area contributed by atoms with E-state index in [1.165, 1.54) is 13.3 Å². The maximum absolute atomic E-state index is 12.2. The molecule has 1 aromatic carbocycles. The Morgan fingerprint density at radius 3 is 2.88 bits per heavy atom. The van der Waals surface area contributed by atoms with Crippen molar-refractivity contribution < 1.29 is 14.3 Å². The number of carbonyl (C=O) groups is 2. The molecule has 0 aliphatic carbocycles. The van der Waals surface area contributed by atoms with Crippen LogP contribution in [0, 0.1) is 0 Å². The molecule has 0 bridgehead atoms. The molecule has 0 fully saturated rings. The number of rotatable bonds is 5. The number of carbonyl (C=O) groups excluding carboxylic acids is 2. The van der Waals surface area contributed by atoms with Gasteiger partial charge in [-0.1, -0.05) is 29.8 Å². The predicted octanol–water partition coefficient (Wildman–Crippen LogP) is 2.24. The van der Waals surface area contributed by atoms with Crippen LogP contribution in [-0.2, 0) is 16.1 Å². The second kappa shape index (κ2) is 7.31. The molecule has 0 aliphatic rings. The highest BCUT2D eigenvalue weighted by Gasteiger charge is 2.19. The van der Waals surface area contributed by atoms with Gasteiger partial charge in [0.25, 0.3) is 5.91 Å². The minimum atomic E-state index is -0.938. The molecule has 7 nitrogen and oxygen atoms in total. The lowest BCUT2D eigenvalue weighted by Gasteiger charge is -2.14. The number of esters is 1. The number of benzene rings is 1. The normalized spacial score (nSPS) is 11.9. The van der Waals surface area contributed by atoms with Gasteiger partial charge in [-0.2, -0.15) is 0 Å². The van der Waals surface area contributed by atoms with Crippen molar-refractivity contribution in [1.29, 1.82) is 0 Å². The van der Waals surface area contributed by atoms with Crippen LogP contribution in [0.1, 0.15) is 22.8 Å². The van der Waals surface area contributed by atoms with Crippen molar-refractivity contribution in [2.75, 3.05) is 0 Å². The molecule has 1 atom stereocenters. The molecular formula is C17H15ClN4O3. The molecule has 0 radical (unpaired) electrons. The minimum absolute atomic E-state index is 0.257. The first-order valence-corrected chi connectivity index (χ1v) is 7.94. The number of fused-ring (bicyclic) bond motifs is 1. The van der Waals surface area contributed by atoms with Crippen LogP contribution in [0.4, 0.5) is 0 Å². The van der Waals surface area contributed by atoms with Crippen LogP contribution in [0.3, 0.4) is 0 Å². The third kappa shape index (κ3) is 3.95. The molecule has 1 amide bonds. The third-order valence-corrected chi connectivity index (χ3v) is 3.96. The van der Waals surface area contributed by atoms with Gasteiger partial charge in [0.05, 0.1) is 5.56 Å². The highest BCUT2D eigenvalue weighted by atomic mass is 35.5. The minimum Gasteiger partial charge on any atom is -0.449 e. The number of hydrogen-bond donors (Lipinski definition) is 1. The monoisotopic (exact) mass is 358 g/mol. The molecule has 1 N–H and O–H groups in total. The highest BCUT2D eigenvalue weighted by molar-refractivity contribution is 6.31. The summed E-state index contributed by atoms with van der Waals surface area (Å²) in [5, 5.41) is 10.9. The number of hydrogen-bond acceptors (Lipinski definition) is 5. The van der Waals surface area contributed by atoms with E-state index >= 15 is 0 Å². The summed E-state index contributed by atoms with van der Waals surface area (Å²) in [4.78, 5) is 24.3. The van der Waals surface area contributed by atoms with Gasteiger partial charge in [0.2, 0.25) is 0 Å². The van der Waals surface area contributed by atoms with Crippen molar-refractivity contribution in [3.05, 3.63) is 65.1 Å². The van der Waals surface area contributed by atoms with E-state index in [9.17, 15) is 9.59 Å². The summed E-state index contributed by atoms with van der Waals surface area (Å²) in [7, 11) is 0. The van der Waals surface area contributed by atoms with Crippen LogP contribution in [0.2, 0.25) is 5.02 Å². The topological polar surface area (TPSA) is 85.6 Å². The molecule has 0 saturated heterocycles. The molecule has 3 rings (SSSR count). The van der Waals surface area contributed by atoms with Crippen molar-refractivity contribution >= 4 is 29.1 Å². The average molecular weight is 359 g/mol. The van der Waals surface area contributed by atoms with E-state index in [1.54, 1.807) is 28.8 Å². The maximum Gasteiger partial charge on any atom is 0.340 e. The SMILES string of the molecule is CC(OC(=O)c1ccc2nncn2c1)C(=O)NCc1ccccc1Cl. The Kier molecular flexibility index (Phi) is 4.95. The Labute approximate surface area is 148 Å². The van der Waals surface area contributed by atoms with Crippen molar-refractivity contribution in [2.24, 2.45) is 0 Å². The third-order valence-electron chi connectivity index (χ3n) is 3.59. The van der Waals surface area contributed by atoms with Gasteiger partial charge >= 0.3 is 5.97 Å². The smallest absolute Gasteiger partial charge is 0.340 e. The summed E-state index contributed by atoms with van der Waals surface area (Å²) < 4.78 is 6.80. The zero-order chi connectivity index (χ0) is 17.8. The first-order chi connectivity index (χ1) is 12.0. The molecule has 0 aliphatic heterocycles. The van der Waals surface area contributed by atoms with Crippen molar-refractivity contribution in [2.45, 2.75) is 19.6 Å². The Balaban J connectivity index is 1.58. The van der Waals surface area contributed by atoms with E-state index in [0.29, 0.717) is 16.2 Å². The van der Waals surface area contributed by atoms with Crippen molar-refractivity contribution in [1.82, 2.24) is 19.9 Å². The molecule has 0 spiro atoms. The number of amides is 1. The molecule has 8 heteroatoms. The number of aromatic nitrogens is 3. The summed E-state index contributed by atoms with van der Waals surface area (Å²) in [5.41, 5.74) is 1.70. The molecule has 0 saturated carbocycles. The predicted molar refractivity (Wildman–Crippen MR) is 91.2 cm³/mol. The number of halogens is 1. The largest absolute Gasteiger partial charge is 0.449 e. The van der Waals surface area contributed by atoms with E-state index in [2.05, 4.69) is 15.5 Å². The number of pyridine rings is 1. The second-order valence-corrected chi connectivity index (χ2v) is 5.78. The van der Waals surface area contributed by atoms with Gasteiger partial charge in [0, 0.05) is 17.8 Å². The van der Waals surface area contributed by atoms with Crippen LogP contribution in [0.25, 0.3) is 5.65 Å². The quantitative estimate of drug-likeness (QED) is 0.707. The molecule has 2 aromatic heterocycles. The fourth-order valence-corrected chi connectivity index (χ4v) is 2.40. The Morgan fingerprint density at radius 1 is 1.28 bits per heavy atom. The zero-order valence-electron chi connectivity index (χ0n) is 13.3. The number of nitrogens with one attached hydrogen (secondary N) is 1. The summed E-state index contributed by atoms with van der Waals surface area (Å²) in [6.45, 7) is 1.77. The van der Waals surface area contributed by atoms with Gasteiger partial charge in [-0.15, -0.1) is 10.2 Å². The Bertz CT molecular complexity index is 925. The van der Waals surface area contributed by atoms with Gasteiger partial charge in [-0.05, 0) is 30.7 Å². The Morgan fingerprint density at radius 2 is 2.08 bits per heavy atom. The average Bonchev–Trinajstić information content (AvgIpc) is 3.08. The fraction of sp³-hybridized carbons (Fsp3) is 0.176. The van der Waals surface area contributed by atoms with Gasteiger partial charge in [-0.25, -0.2) is 4.79 Å². The van der Waals surface area contributed by atoms with Crippen LogP contribution in [-0.4, -0.2) is 32.6 Å². The van der Waals surface area contributed by atoms with Gasteiger partial charge in [0.1, 0.15) is 6.33 Å². The van der Waals surface area contributed by atoms with Crippen LogP contribution < -0.4 is 5.32 Å². The van der Waals surface area contributed by atoms with Crippen LogP contribution in [0.15, 0.2) is 48.9 Å². The zero-order valence-corrected chi connectivity index (χ0v) is 14.1. The van der Waals surface area contributed by atoms with Crippen LogP contribution >= 0.6 is 11.6 Å². The molecule has 128 valence electrons. The van der Waals surface area contributed by atoms with Crippen molar-refractivity contribution in [3.8, 4) is 0 Å². The van der Waals surface area contributed by atoms with Gasteiger partial charge in [0.15, 0.2) is 11.8 Å². The summed E-state index contributed by atoms with van der Waals surface area (Å²) in [5.74, 6) is -1.00. The lowest BCUT2D eigenvalue weighted by atomic mass is 10.2. The standard InChI is InChI=1S/C17H15ClN4O3/c1-11(16(23)19-8-12-4-2-3-5-14(12)18)25-17(24)13-6-7-15-21-20-10-22(15)9-13/h2-7,9-11H,8H2,1H3,(H,19,23). The maximum atomic E-state index is 12.2. The Hall–Kier alpha value is -2.93. The van der Waals surface area contributed by atoms with E-state index in [1.807, 2.05) is 18.2 Å². The molecule has 3 aromatic rings. The molecule has 25 heavy (non-hydrogen) atoms. The number of nitrogens with zero attached hydrogens (tertiary/aromatic N) is 3. The first kappa shape index (κ1) is 16.9. The van der Waals surface area contributed by atoms with Crippen LogP contribution in [0.5, 0.6) is 0 Å². The summed E-state index contributed by atoms with van der Waals surface area (Å²) >= 11 is 6.04. The van der Waals surface area contributed by atoms with E-state index in [0.717, 1.165) is 5.56 Å². The first-order valence-electron chi connectivity index (χ1n) is 7.56. The molecule has 1 unspecified atom stereocenters. The van der Waals surface area contributed by atoms with E-state index < -0.39 is 18.0 Å². The van der Waals surface area contributed by atoms with E-state index in [-0.39, 0.29) is 6.54 Å². The lowest BCUT2D eigenvalue weighted by molar-refractivity contribution is -0.129. The van der Waals surface area contributed by atoms with Gasteiger partial charge in [-0.3, -0.25) is 9.20 Å². The lowest BCUT2D eigenvalue weighted by Crippen LogP contribution is -2.35. The highest BCUT2D eigenvalue weighted by Crippen LogP contribution is 2.14. The van der Waals surface area contributed by atoms with E-state index in [4.69, 9.17) is 16.3 Å². The van der Waals surface area contributed by atoms with Gasteiger partial charge < -0.3 is 10.1 Å². The van der Waals surface area contributed by atoms with Crippen molar-refractivity contribution in [3.63, 3.8) is 0 Å². The molecule has 2 heterocycles.